The zero-order valence-electron chi connectivity index (χ0n) is 15.0. The largest absolute Gasteiger partial charge is 0.481 e. The molecule has 138 valence electrons. The van der Waals surface area contributed by atoms with Crippen LogP contribution in [0.3, 0.4) is 0 Å². The first kappa shape index (κ1) is 17.1. The van der Waals surface area contributed by atoms with E-state index in [-0.39, 0.29) is 5.91 Å². The van der Waals surface area contributed by atoms with Gasteiger partial charge < -0.3 is 14.5 Å². The van der Waals surface area contributed by atoms with Crippen LogP contribution < -0.4 is 9.64 Å². The fourth-order valence-electron chi connectivity index (χ4n) is 3.53. The number of hydrogen-bond acceptors (Lipinski definition) is 8. The molecule has 9 heteroatoms. The molecule has 0 unspecified atom stereocenters. The number of likely N-dealkylation sites (tertiary alicyclic amines) is 1. The monoisotopic (exact) mass is 374 g/mol. The van der Waals surface area contributed by atoms with E-state index >= 15 is 0 Å². The van der Waals surface area contributed by atoms with Gasteiger partial charge in [0.25, 0.3) is 5.91 Å². The number of carbonyl (C=O) groups excluding carboxylic acids is 1. The van der Waals surface area contributed by atoms with E-state index in [2.05, 4.69) is 24.5 Å². The highest BCUT2D eigenvalue weighted by molar-refractivity contribution is 7.07. The van der Waals surface area contributed by atoms with Gasteiger partial charge in [-0.25, -0.2) is 9.97 Å². The van der Waals surface area contributed by atoms with Crippen molar-refractivity contribution in [2.75, 3.05) is 25.1 Å². The maximum Gasteiger partial charge on any atom is 0.267 e. The summed E-state index contributed by atoms with van der Waals surface area (Å²) in [4.78, 5) is 26.2. The molecule has 2 aromatic heterocycles. The zero-order chi connectivity index (χ0) is 18.1. The molecule has 26 heavy (non-hydrogen) atoms. The molecule has 1 saturated carbocycles. The molecule has 2 aliphatic rings. The summed E-state index contributed by atoms with van der Waals surface area (Å²) in [5, 5.41) is 3.95. The fourth-order valence-corrected chi connectivity index (χ4v) is 4.15. The summed E-state index contributed by atoms with van der Waals surface area (Å²) in [5.41, 5.74) is 0.717. The summed E-state index contributed by atoms with van der Waals surface area (Å²) < 4.78 is 9.13. The number of methoxy groups -OCH3 is 1. The van der Waals surface area contributed by atoms with Crippen molar-refractivity contribution in [1.29, 1.82) is 0 Å². The van der Waals surface area contributed by atoms with Crippen molar-refractivity contribution in [2.45, 2.75) is 44.7 Å². The smallest absolute Gasteiger partial charge is 0.267 e. The summed E-state index contributed by atoms with van der Waals surface area (Å²) in [7, 11) is 1.62. The fraction of sp³-hybridized carbons (Fsp3) is 0.588. The predicted molar refractivity (Wildman–Crippen MR) is 97.7 cm³/mol. The molecule has 1 saturated heterocycles. The number of anilines is 1. The minimum Gasteiger partial charge on any atom is -0.481 e. The standard InChI is InChI=1S/C17H22N6O2S/c1-11-16(26-21-20-11)17(24)22-7-5-13(6-8-22)23(12-3-4-12)14-9-15(25-2)19-10-18-14/h9-10,12-13H,3-8H2,1-2H3. The van der Waals surface area contributed by atoms with Crippen molar-refractivity contribution in [1.82, 2.24) is 24.5 Å². The summed E-state index contributed by atoms with van der Waals surface area (Å²) in [6.07, 6.45) is 5.80. The second kappa shape index (κ2) is 7.14. The minimum atomic E-state index is 0.0534. The van der Waals surface area contributed by atoms with Crippen molar-refractivity contribution in [3.63, 3.8) is 0 Å². The highest BCUT2D eigenvalue weighted by Crippen LogP contribution is 2.36. The highest BCUT2D eigenvalue weighted by atomic mass is 32.1. The normalized spacial score (nSPS) is 18.0. The van der Waals surface area contributed by atoms with Gasteiger partial charge in [-0.05, 0) is 44.1 Å². The Morgan fingerprint density at radius 1 is 1.23 bits per heavy atom. The van der Waals surface area contributed by atoms with E-state index in [4.69, 9.17) is 4.74 Å². The Hall–Kier alpha value is -2.29. The third kappa shape index (κ3) is 3.35. The first-order valence-corrected chi connectivity index (χ1v) is 9.67. The quantitative estimate of drug-likeness (QED) is 0.790. The number of aromatic nitrogens is 4. The SMILES string of the molecule is COc1cc(N(C2CC2)C2CCN(C(=O)c3snnc3C)CC2)ncn1. The van der Waals surface area contributed by atoms with Crippen molar-refractivity contribution < 1.29 is 9.53 Å². The molecule has 3 heterocycles. The number of aryl methyl sites for hydroxylation is 1. The molecule has 0 spiro atoms. The Morgan fingerprint density at radius 3 is 2.58 bits per heavy atom. The molecular formula is C17H22N6O2S. The number of nitrogens with zero attached hydrogens (tertiary/aromatic N) is 6. The average Bonchev–Trinajstić information content (AvgIpc) is 3.41. The van der Waals surface area contributed by atoms with Crippen molar-refractivity contribution >= 4 is 23.3 Å². The van der Waals surface area contributed by atoms with Gasteiger partial charge in [0, 0.05) is 31.2 Å². The molecule has 1 amide bonds. The average molecular weight is 374 g/mol. The first-order valence-electron chi connectivity index (χ1n) is 8.90. The number of hydrogen-bond donors (Lipinski definition) is 0. The third-order valence-electron chi connectivity index (χ3n) is 5.03. The van der Waals surface area contributed by atoms with Crippen LogP contribution in [-0.4, -0.2) is 62.6 Å². The summed E-state index contributed by atoms with van der Waals surface area (Å²) in [6, 6.07) is 2.82. The first-order chi connectivity index (χ1) is 12.7. The number of piperidine rings is 1. The van der Waals surface area contributed by atoms with Gasteiger partial charge in [-0.2, -0.15) is 0 Å². The van der Waals surface area contributed by atoms with Crippen LogP contribution in [-0.2, 0) is 0 Å². The highest BCUT2D eigenvalue weighted by Gasteiger charge is 2.37. The molecule has 0 bridgehead atoms. The molecule has 0 aromatic carbocycles. The van der Waals surface area contributed by atoms with Crippen LogP contribution in [0.2, 0.25) is 0 Å². The van der Waals surface area contributed by atoms with E-state index in [1.54, 1.807) is 13.4 Å². The van der Waals surface area contributed by atoms with Crippen LogP contribution in [0.1, 0.15) is 41.0 Å². The van der Waals surface area contributed by atoms with Crippen LogP contribution >= 0.6 is 11.5 Å². The molecule has 4 rings (SSSR count). The second-order valence-corrected chi connectivity index (χ2v) is 7.52. The summed E-state index contributed by atoms with van der Waals surface area (Å²) >= 11 is 1.18. The molecular weight excluding hydrogens is 352 g/mol. The summed E-state index contributed by atoms with van der Waals surface area (Å²) in [6.45, 7) is 3.32. The lowest BCUT2D eigenvalue weighted by Crippen LogP contribution is -2.48. The molecule has 0 N–H and O–H groups in total. The van der Waals surface area contributed by atoms with Crippen LogP contribution in [0.15, 0.2) is 12.4 Å². The Balaban J connectivity index is 1.45. The lowest BCUT2D eigenvalue weighted by Gasteiger charge is -2.39. The molecule has 1 aliphatic carbocycles. The third-order valence-corrected chi connectivity index (χ3v) is 5.85. The van der Waals surface area contributed by atoms with Crippen LogP contribution in [0.25, 0.3) is 0 Å². The van der Waals surface area contributed by atoms with Crippen LogP contribution in [0.4, 0.5) is 5.82 Å². The molecule has 0 atom stereocenters. The number of rotatable bonds is 5. The van der Waals surface area contributed by atoms with Gasteiger partial charge in [-0.15, -0.1) is 5.10 Å². The molecule has 8 nitrogen and oxygen atoms in total. The van der Waals surface area contributed by atoms with Gasteiger partial charge in [-0.3, -0.25) is 4.79 Å². The van der Waals surface area contributed by atoms with E-state index in [1.807, 2.05) is 17.9 Å². The van der Waals surface area contributed by atoms with Crippen LogP contribution in [0, 0.1) is 6.92 Å². The van der Waals surface area contributed by atoms with E-state index in [0.717, 1.165) is 37.4 Å². The van der Waals surface area contributed by atoms with Gasteiger partial charge in [0.1, 0.15) is 17.0 Å². The van der Waals surface area contributed by atoms with Crippen molar-refractivity contribution in [3.8, 4) is 5.88 Å². The van der Waals surface area contributed by atoms with Gasteiger partial charge in [0.2, 0.25) is 5.88 Å². The van der Waals surface area contributed by atoms with Gasteiger partial charge in [-0.1, -0.05) is 4.49 Å². The Kier molecular flexibility index (Phi) is 4.71. The Bertz CT molecular complexity index is 785. The Labute approximate surface area is 156 Å². The van der Waals surface area contributed by atoms with E-state index < -0.39 is 0 Å². The number of carbonyl (C=O) groups is 1. The second-order valence-electron chi connectivity index (χ2n) is 6.77. The minimum absolute atomic E-state index is 0.0534. The van der Waals surface area contributed by atoms with Gasteiger partial charge >= 0.3 is 0 Å². The molecule has 2 fully saturated rings. The van der Waals surface area contributed by atoms with Gasteiger partial charge in [0.15, 0.2) is 0 Å². The molecule has 0 radical (unpaired) electrons. The Morgan fingerprint density at radius 2 is 1.96 bits per heavy atom. The molecule has 1 aliphatic heterocycles. The van der Waals surface area contributed by atoms with Gasteiger partial charge in [0.05, 0.1) is 12.8 Å². The maximum absolute atomic E-state index is 12.7. The molecule has 2 aromatic rings. The van der Waals surface area contributed by atoms with E-state index in [9.17, 15) is 4.79 Å². The van der Waals surface area contributed by atoms with E-state index in [1.165, 1.54) is 24.4 Å². The number of ether oxygens (including phenoxy) is 1. The zero-order valence-corrected chi connectivity index (χ0v) is 15.8. The predicted octanol–water partition coefficient (Wildman–Crippen LogP) is 1.92. The van der Waals surface area contributed by atoms with Crippen molar-refractivity contribution in [3.05, 3.63) is 23.0 Å². The summed E-state index contributed by atoms with van der Waals surface area (Å²) in [5.74, 6) is 1.56. The number of amides is 1. The van der Waals surface area contributed by atoms with Crippen LogP contribution in [0.5, 0.6) is 5.88 Å². The maximum atomic E-state index is 12.7. The van der Waals surface area contributed by atoms with E-state index in [0.29, 0.717) is 22.8 Å². The van der Waals surface area contributed by atoms with Crippen molar-refractivity contribution in [2.24, 2.45) is 0 Å². The topological polar surface area (TPSA) is 84.3 Å². The lowest BCUT2D eigenvalue weighted by atomic mass is 10.0. The lowest BCUT2D eigenvalue weighted by molar-refractivity contribution is 0.0716.